The number of carbonyl (C=O) groups excluding carboxylic acids is 1. The van der Waals surface area contributed by atoms with Crippen LogP contribution in [-0.2, 0) is 0 Å². The third kappa shape index (κ3) is 2.62. The van der Waals surface area contributed by atoms with E-state index in [2.05, 4.69) is 5.32 Å². The van der Waals surface area contributed by atoms with Crippen LogP contribution in [-0.4, -0.2) is 13.0 Å². The van der Waals surface area contributed by atoms with E-state index in [-0.39, 0.29) is 5.91 Å². The summed E-state index contributed by atoms with van der Waals surface area (Å²) in [5.74, 6) is 0.641. The van der Waals surface area contributed by atoms with Crippen LogP contribution in [0.5, 0.6) is 5.75 Å². The molecule has 1 heterocycles. The molecule has 1 aromatic heterocycles. The maximum absolute atomic E-state index is 12.5. The minimum atomic E-state index is -0.0815. The molecule has 0 unspecified atom stereocenters. The molecule has 0 aliphatic carbocycles. The number of anilines is 1. The van der Waals surface area contributed by atoms with Gasteiger partial charge in [0.2, 0.25) is 0 Å². The van der Waals surface area contributed by atoms with E-state index in [1.54, 1.807) is 13.2 Å². The molecule has 1 N–H and O–H groups in total. The maximum atomic E-state index is 12.5. The fourth-order valence-electron chi connectivity index (χ4n) is 2.28. The molecular formula is C17H15NO2S. The fourth-order valence-corrected chi connectivity index (χ4v) is 3.38. The van der Waals surface area contributed by atoms with Crippen molar-refractivity contribution < 1.29 is 9.53 Å². The van der Waals surface area contributed by atoms with Crippen LogP contribution in [0.25, 0.3) is 10.1 Å². The average Bonchev–Trinajstić information content (AvgIpc) is 2.85. The standard InChI is InChI=1S/C17H15NO2S/c1-11-14-8-3-4-9-15(14)21-16(11)17(19)18-12-6-5-7-13(10-12)20-2/h3-10H,1-2H3,(H,18,19). The number of carbonyl (C=O) groups is 1. The molecule has 0 fully saturated rings. The van der Waals surface area contributed by atoms with E-state index >= 15 is 0 Å². The van der Waals surface area contributed by atoms with Crippen molar-refractivity contribution in [3.05, 3.63) is 59.0 Å². The summed E-state index contributed by atoms with van der Waals surface area (Å²) < 4.78 is 6.30. The first-order valence-corrected chi connectivity index (χ1v) is 7.44. The van der Waals surface area contributed by atoms with Gasteiger partial charge in [0.15, 0.2) is 0 Å². The molecule has 0 bridgehead atoms. The number of amides is 1. The lowest BCUT2D eigenvalue weighted by Crippen LogP contribution is -2.11. The van der Waals surface area contributed by atoms with Crippen LogP contribution in [0.15, 0.2) is 48.5 Å². The van der Waals surface area contributed by atoms with Crippen LogP contribution in [0.3, 0.4) is 0 Å². The van der Waals surface area contributed by atoms with Gasteiger partial charge in [-0.1, -0.05) is 24.3 Å². The third-order valence-corrected chi connectivity index (χ3v) is 4.65. The molecule has 3 nitrogen and oxygen atoms in total. The monoisotopic (exact) mass is 297 g/mol. The van der Waals surface area contributed by atoms with Crippen molar-refractivity contribution in [2.24, 2.45) is 0 Å². The first-order valence-electron chi connectivity index (χ1n) is 6.62. The molecular weight excluding hydrogens is 282 g/mol. The number of aryl methyl sites for hydroxylation is 1. The van der Waals surface area contributed by atoms with Gasteiger partial charge < -0.3 is 10.1 Å². The average molecular weight is 297 g/mol. The zero-order valence-electron chi connectivity index (χ0n) is 11.8. The van der Waals surface area contributed by atoms with Gasteiger partial charge in [0.05, 0.1) is 12.0 Å². The Kier molecular flexibility index (Phi) is 3.62. The van der Waals surface area contributed by atoms with E-state index in [4.69, 9.17) is 4.74 Å². The lowest BCUT2D eigenvalue weighted by molar-refractivity contribution is 0.103. The minimum Gasteiger partial charge on any atom is -0.497 e. The number of rotatable bonds is 3. The van der Waals surface area contributed by atoms with Gasteiger partial charge in [0, 0.05) is 16.5 Å². The molecule has 106 valence electrons. The van der Waals surface area contributed by atoms with Crippen molar-refractivity contribution in [1.82, 2.24) is 0 Å². The highest BCUT2D eigenvalue weighted by Gasteiger charge is 2.15. The highest BCUT2D eigenvalue weighted by Crippen LogP contribution is 2.31. The summed E-state index contributed by atoms with van der Waals surface area (Å²) in [6.45, 7) is 1.99. The molecule has 0 aliphatic heterocycles. The van der Waals surface area contributed by atoms with E-state index < -0.39 is 0 Å². The molecule has 4 heteroatoms. The van der Waals surface area contributed by atoms with Crippen LogP contribution >= 0.6 is 11.3 Å². The Hall–Kier alpha value is -2.33. The van der Waals surface area contributed by atoms with E-state index in [9.17, 15) is 4.79 Å². The first-order chi connectivity index (χ1) is 10.2. The number of nitrogens with one attached hydrogen (secondary N) is 1. The van der Waals surface area contributed by atoms with Crippen molar-refractivity contribution in [3.63, 3.8) is 0 Å². The molecule has 1 amide bonds. The normalized spacial score (nSPS) is 10.6. The molecule has 3 aromatic rings. The highest BCUT2D eigenvalue weighted by atomic mass is 32.1. The molecule has 2 aromatic carbocycles. The topological polar surface area (TPSA) is 38.3 Å². The lowest BCUT2D eigenvalue weighted by atomic mass is 10.1. The number of benzene rings is 2. The van der Waals surface area contributed by atoms with E-state index in [0.717, 1.165) is 32.0 Å². The van der Waals surface area contributed by atoms with Gasteiger partial charge in [-0.05, 0) is 36.1 Å². The number of thiophene rings is 1. The Morgan fingerprint density at radius 3 is 2.71 bits per heavy atom. The van der Waals surface area contributed by atoms with Gasteiger partial charge in [-0.25, -0.2) is 0 Å². The number of hydrogen-bond donors (Lipinski definition) is 1. The second-order valence-corrected chi connectivity index (χ2v) is 5.79. The quantitative estimate of drug-likeness (QED) is 0.774. The van der Waals surface area contributed by atoms with Crippen LogP contribution in [0.1, 0.15) is 15.2 Å². The van der Waals surface area contributed by atoms with Gasteiger partial charge in [0.1, 0.15) is 5.75 Å². The van der Waals surface area contributed by atoms with Crippen molar-refractivity contribution in [2.75, 3.05) is 12.4 Å². The van der Waals surface area contributed by atoms with Crippen molar-refractivity contribution >= 4 is 33.0 Å². The molecule has 0 radical (unpaired) electrons. The fraction of sp³-hybridized carbons (Fsp3) is 0.118. The molecule has 21 heavy (non-hydrogen) atoms. The molecule has 0 aliphatic rings. The van der Waals surface area contributed by atoms with E-state index in [0.29, 0.717) is 0 Å². The number of methoxy groups -OCH3 is 1. The zero-order chi connectivity index (χ0) is 14.8. The Balaban J connectivity index is 1.91. The van der Waals surface area contributed by atoms with Crippen LogP contribution in [0, 0.1) is 6.92 Å². The van der Waals surface area contributed by atoms with E-state index in [1.165, 1.54) is 11.3 Å². The van der Waals surface area contributed by atoms with Gasteiger partial charge in [-0.15, -0.1) is 11.3 Å². The Labute approximate surface area is 127 Å². The summed E-state index contributed by atoms with van der Waals surface area (Å²) in [7, 11) is 1.61. The Bertz CT molecular complexity index is 807. The predicted molar refractivity (Wildman–Crippen MR) is 87.5 cm³/mol. The number of ether oxygens (including phenoxy) is 1. The van der Waals surface area contributed by atoms with Gasteiger partial charge >= 0.3 is 0 Å². The van der Waals surface area contributed by atoms with Crippen LogP contribution in [0.2, 0.25) is 0 Å². The lowest BCUT2D eigenvalue weighted by Gasteiger charge is -2.06. The Morgan fingerprint density at radius 1 is 1.14 bits per heavy atom. The highest BCUT2D eigenvalue weighted by molar-refractivity contribution is 7.21. The summed E-state index contributed by atoms with van der Waals surface area (Å²) in [4.78, 5) is 13.2. The largest absolute Gasteiger partial charge is 0.497 e. The van der Waals surface area contributed by atoms with Crippen molar-refractivity contribution in [3.8, 4) is 5.75 Å². The minimum absolute atomic E-state index is 0.0815. The molecule has 3 rings (SSSR count). The first kappa shape index (κ1) is 13.6. The van der Waals surface area contributed by atoms with Crippen LogP contribution < -0.4 is 10.1 Å². The van der Waals surface area contributed by atoms with Crippen molar-refractivity contribution in [1.29, 1.82) is 0 Å². The molecule has 0 spiro atoms. The smallest absolute Gasteiger partial charge is 0.266 e. The number of hydrogen-bond acceptors (Lipinski definition) is 3. The molecule has 0 saturated carbocycles. The summed E-state index contributed by atoms with van der Waals surface area (Å²) >= 11 is 1.52. The predicted octanol–water partition coefficient (Wildman–Crippen LogP) is 4.47. The second-order valence-electron chi connectivity index (χ2n) is 4.74. The van der Waals surface area contributed by atoms with Gasteiger partial charge in [-0.3, -0.25) is 4.79 Å². The molecule has 0 saturated heterocycles. The van der Waals surface area contributed by atoms with Crippen molar-refractivity contribution in [2.45, 2.75) is 6.92 Å². The third-order valence-electron chi connectivity index (χ3n) is 3.38. The second kappa shape index (κ2) is 5.58. The SMILES string of the molecule is COc1cccc(NC(=O)c2sc3ccccc3c2C)c1. The van der Waals surface area contributed by atoms with Crippen LogP contribution in [0.4, 0.5) is 5.69 Å². The Morgan fingerprint density at radius 2 is 1.95 bits per heavy atom. The molecule has 0 atom stereocenters. The maximum Gasteiger partial charge on any atom is 0.266 e. The zero-order valence-corrected chi connectivity index (χ0v) is 12.7. The summed E-state index contributed by atoms with van der Waals surface area (Å²) in [5.41, 5.74) is 1.76. The van der Waals surface area contributed by atoms with Gasteiger partial charge in [0.25, 0.3) is 5.91 Å². The number of fused-ring (bicyclic) bond motifs is 1. The summed E-state index contributed by atoms with van der Waals surface area (Å²) in [6.07, 6.45) is 0. The summed E-state index contributed by atoms with van der Waals surface area (Å²) in [6, 6.07) is 15.4. The van der Waals surface area contributed by atoms with Gasteiger partial charge in [-0.2, -0.15) is 0 Å². The summed E-state index contributed by atoms with van der Waals surface area (Å²) in [5, 5.41) is 4.06. The van der Waals surface area contributed by atoms with E-state index in [1.807, 2.05) is 49.4 Å².